The van der Waals surface area contributed by atoms with Crippen LogP contribution < -0.4 is 0 Å². The highest BCUT2D eigenvalue weighted by atomic mass is 16.2. The summed E-state index contributed by atoms with van der Waals surface area (Å²) in [5, 5.41) is 9.45. The standard InChI is InChI=1S/C15H24N2O/c1-5-9-15(13-16,10-6-2)14(18)17(11-7-3)12-8-4/h7-8H,3-6,9-12H2,1-2H3. The van der Waals surface area contributed by atoms with E-state index < -0.39 is 5.41 Å². The van der Waals surface area contributed by atoms with Gasteiger partial charge in [-0.05, 0) is 12.8 Å². The third-order valence-corrected chi connectivity index (χ3v) is 2.96. The number of nitriles is 1. The van der Waals surface area contributed by atoms with Crippen molar-refractivity contribution < 1.29 is 4.79 Å². The molecule has 18 heavy (non-hydrogen) atoms. The zero-order valence-electron chi connectivity index (χ0n) is 11.6. The molecule has 0 unspecified atom stereocenters. The van der Waals surface area contributed by atoms with Gasteiger partial charge in [-0.15, -0.1) is 13.2 Å². The molecule has 1 amide bonds. The Labute approximate surface area is 111 Å². The van der Waals surface area contributed by atoms with Crippen LogP contribution in [0.3, 0.4) is 0 Å². The van der Waals surface area contributed by atoms with Crippen LogP contribution in [0.4, 0.5) is 0 Å². The van der Waals surface area contributed by atoms with E-state index >= 15 is 0 Å². The van der Waals surface area contributed by atoms with Gasteiger partial charge >= 0.3 is 0 Å². The lowest BCUT2D eigenvalue weighted by Crippen LogP contribution is -2.43. The first-order valence-corrected chi connectivity index (χ1v) is 6.54. The Kier molecular flexibility index (Phi) is 7.78. The summed E-state index contributed by atoms with van der Waals surface area (Å²) in [5.41, 5.74) is -0.879. The van der Waals surface area contributed by atoms with Crippen molar-refractivity contribution in [2.75, 3.05) is 13.1 Å². The van der Waals surface area contributed by atoms with Gasteiger partial charge in [-0.2, -0.15) is 5.26 Å². The van der Waals surface area contributed by atoms with Gasteiger partial charge in [0.25, 0.3) is 0 Å². The largest absolute Gasteiger partial charge is 0.334 e. The van der Waals surface area contributed by atoms with Gasteiger partial charge < -0.3 is 4.90 Å². The third-order valence-electron chi connectivity index (χ3n) is 2.96. The second-order valence-corrected chi connectivity index (χ2v) is 4.48. The van der Waals surface area contributed by atoms with E-state index in [4.69, 9.17) is 0 Å². The smallest absolute Gasteiger partial charge is 0.243 e. The number of hydrogen-bond donors (Lipinski definition) is 0. The normalized spacial score (nSPS) is 10.5. The average molecular weight is 248 g/mol. The minimum Gasteiger partial charge on any atom is -0.334 e. The Balaban J connectivity index is 5.18. The van der Waals surface area contributed by atoms with Gasteiger partial charge in [-0.25, -0.2) is 0 Å². The molecule has 0 aromatic rings. The van der Waals surface area contributed by atoms with Crippen LogP contribution in [0.15, 0.2) is 25.3 Å². The maximum atomic E-state index is 12.6. The first kappa shape index (κ1) is 16.4. The van der Waals surface area contributed by atoms with Crippen molar-refractivity contribution in [2.45, 2.75) is 39.5 Å². The second kappa shape index (κ2) is 8.52. The number of nitrogens with zero attached hydrogens (tertiary/aromatic N) is 2. The number of amides is 1. The van der Waals surface area contributed by atoms with Crippen LogP contribution in [0.25, 0.3) is 0 Å². The van der Waals surface area contributed by atoms with Gasteiger partial charge in [0.1, 0.15) is 5.41 Å². The molecule has 0 aliphatic heterocycles. The summed E-state index contributed by atoms with van der Waals surface area (Å²) in [6, 6.07) is 2.25. The third kappa shape index (κ3) is 4.03. The van der Waals surface area contributed by atoms with E-state index in [1.807, 2.05) is 13.8 Å². The first-order valence-electron chi connectivity index (χ1n) is 6.54. The molecule has 0 N–H and O–H groups in total. The zero-order valence-corrected chi connectivity index (χ0v) is 11.6. The van der Waals surface area contributed by atoms with Crippen molar-refractivity contribution in [1.82, 2.24) is 4.90 Å². The van der Waals surface area contributed by atoms with E-state index in [-0.39, 0.29) is 5.91 Å². The van der Waals surface area contributed by atoms with Crippen LogP contribution in [0, 0.1) is 16.7 Å². The fraction of sp³-hybridized carbons (Fsp3) is 0.600. The van der Waals surface area contributed by atoms with Crippen molar-refractivity contribution in [2.24, 2.45) is 5.41 Å². The molecular formula is C15H24N2O. The summed E-state index contributed by atoms with van der Waals surface area (Å²) in [5.74, 6) is -0.0894. The number of carbonyl (C=O) groups excluding carboxylic acids is 1. The molecule has 3 nitrogen and oxygen atoms in total. The number of carbonyl (C=O) groups is 1. The molecule has 0 bridgehead atoms. The van der Waals surface area contributed by atoms with Crippen LogP contribution in [0.5, 0.6) is 0 Å². The molecule has 0 aliphatic carbocycles. The minimum atomic E-state index is -0.879. The Hall–Kier alpha value is -1.56. The minimum absolute atomic E-state index is 0.0894. The monoisotopic (exact) mass is 248 g/mol. The SMILES string of the molecule is C=CCN(CC=C)C(=O)C(C#N)(CCC)CCC. The van der Waals surface area contributed by atoms with E-state index in [9.17, 15) is 10.1 Å². The fourth-order valence-corrected chi connectivity index (χ4v) is 2.21. The predicted molar refractivity (Wildman–Crippen MR) is 74.8 cm³/mol. The molecule has 3 heteroatoms. The Morgan fingerprint density at radius 3 is 1.94 bits per heavy atom. The van der Waals surface area contributed by atoms with Crippen LogP contribution in [0.2, 0.25) is 0 Å². The summed E-state index contributed by atoms with van der Waals surface area (Å²) in [4.78, 5) is 14.2. The van der Waals surface area contributed by atoms with E-state index in [1.54, 1.807) is 17.1 Å². The van der Waals surface area contributed by atoms with Gasteiger partial charge in [-0.1, -0.05) is 38.8 Å². The molecule has 0 aliphatic rings. The molecular weight excluding hydrogens is 224 g/mol. The maximum absolute atomic E-state index is 12.6. The molecule has 0 fully saturated rings. The van der Waals surface area contributed by atoms with Gasteiger partial charge in [0.05, 0.1) is 6.07 Å². The van der Waals surface area contributed by atoms with Crippen molar-refractivity contribution >= 4 is 5.91 Å². The summed E-state index contributed by atoms with van der Waals surface area (Å²) in [6.07, 6.45) is 6.25. The molecule has 0 aromatic carbocycles. The van der Waals surface area contributed by atoms with E-state index in [0.717, 1.165) is 12.8 Å². The highest BCUT2D eigenvalue weighted by Crippen LogP contribution is 2.31. The summed E-state index contributed by atoms with van der Waals surface area (Å²) < 4.78 is 0. The van der Waals surface area contributed by atoms with Crippen molar-refractivity contribution in [3.8, 4) is 6.07 Å². The molecule has 0 spiro atoms. The Morgan fingerprint density at radius 2 is 1.67 bits per heavy atom. The van der Waals surface area contributed by atoms with Crippen molar-refractivity contribution in [3.05, 3.63) is 25.3 Å². The lowest BCUT2D eigenvalue weighted by atomic mass is 9.79. The van der Waals surface area contributed by atoms with Gasteiger partial charge in [-0.3, -0.25) is 4.79 Å². The van der Waals surface area contributed by atoms with Gasteiger partial charge in [0.15, 0.2) is 0 Å². The molecule has 0 aromatic heterocycles. The first-order chi connectivity index (χ1) is 8.61. The molecule has 100 valence electrons. The number of hydrogen-bond acceptors (Lipinski definition) is 2. The van der Waals surface area contributed by atoms with Crippen LogP contribution in [-0.2, 0) is 4.79 Å². The maximum Gasteiger partial charge on any atom is 0.243 e. The molecule has 0 saturated carbocycles. The van der Waals surface area contributed by atoms with Crippen LogP contribution in [-0.4, -0.2) is 23.9 Å². The lowest BCUT2D eigenvalue weighted by Gasteiger charge is -2.31. The quantitative estimate of drug-likeness (QED) is 0.588. The Morgan fingerprint density at radius 1 is 1.22 bits per heavy atom. The molecule has 0 heterocycles. The van der Waals surface area contributed by atoms with E-state index in [2.05, 4.69) is 19.2 Å². The molecule has 0 atom stereocenters. The summed E-state index contributed by atoms with van der Waals surface area (Å²) in [6.45, 7) is 12.2. The molecule has 0 saturated heterocycles. The average Bonchev–Trinajstić information content (AvgIpc) is 2.37. The van der Waals surface area contributed by atoms with Gasteiger partial charge in [0, 0.05) is 13.1 Å². The van der Waals surface area contributed by atoms with E-state index in [0.29, 0.717) is 25.9 Å². The van der Waals surface area contributed by atoms with Crippen LogP contribution >= 0.6 is 0 Å². The summed E-state index contributed by atoms with van der Waals surface area (Å²) in [7, 11) is 0. The Bertz CT molecular complexity index is 312. The second-order valence-electron chi connectivity index (χ2n) is 4.48. The van der Waals surface area contributed by atoms with Crippen molar-refractivity contribution in [3.63, 3.8) is 0 Å². The zero-order chi connectivity index (χ0) is 14.0. The van der Waals surface area contributed by atoms with E-state index in [1.165, 1.54) is 0 Å². The fourth-order valence-electron chi connectivity index (χ4n) is 2.21. The highest BCUT2D eigenvalue weighted by Gasteiger charge is 2.39. The predicted octanol–water partition coefficient (Wildman–Crippen LogP) is 3.30. The topological polar surface area (TPSA) is 44.1 Å². The lowest BCUT2D eigenvalue weighted by molar-refractivity contribution is -0.138. The molecule has 0 rings (SSSR count). The molecule has 0 radical (unpaired) electrons. The van der Waals surface area contributed by atoms with Crippen molar-refractivity contribution in [1.29, 1.82) is 5.26 Å². The van der Waals surface area contributed by atoms with Crippen LogP contribution in [0.1, 0.15) is 39.5 Å². The summed E-state index contributed by atoms with van der Waals surface area (Å²) >= 11 is 0. The number of rotatable bonds is 9. The highest BCUT2D eigenvalue weighted by molar-refractivity contribution is 5.85. The van der Waals surface area contributed by atoms with Gasteiger partial charge in [0.2, 0.25) is 5.91 Å².